The van der Waals surface area contributed by atoms with Gasteiger partial charge in [-0.05, 0) is 17.7 Å². The molecule has 0 saturated carbocycles. The Balaban J connectivity index is 1.77. The highest BCUT2D eigenvalue weighted by Crippen LogP contribution is 2.17. The van der Waals surface area contributed by atoms with Gasteiger partial charge in [-0.1, -0.05) is 47.7 Å². The molecule has 3 rings (SSSR count). The van der Waals surface area contributed by atoms with Crippen LogP contribution in [0.15, 0.2) is 60.8 Å². The SMILES string of the molecule is O=C(NO)c1ccc(-c2cn(Cc3ccccc3)nn2)cc1. The Bertz CT molecular complexity index is 766. The minimum Gasteiger partial charge on any atom is -0.288 e. The molecule has 0 aliphatic rings. The molecule has 6 nitrogen and oxygen atoms in total. The highest BCUT2D eigenvalue weighted by molar-refractivity contribution is 5.93. The van der Waals surface area contributed by atoms with Gasteiger partial charge in [0, 0.05) is 11.1 Å². The van der Waals surface area contributed by atoms with E-state index in [0.717, 1.165) is 16.8 Å². The second-order valence-corrected chi connectivity index (χ2v) is 4.81. The van der Waals surface area contributed by atoms with E-state index in [1.165, 1.54) is 0 Å². The first-order chi connectivity index (χ1) is 10.8. The minimum absolute atomic E-state index is 0.378. The highest BCUT2D eigenvalue weighted by Gasteiger charge is 2.07. The lowest BCUT2D eigenvalue weighted by molar-refractivity contribution is 0.0706. The number of nitrogens with one attached hydrogen (secondary N) is 1. The second kappa shape index (κ2) is 6.19. The van der Waals surface area contributed by atoms with Crippen molar-refractivity contribution in [2.24, 2.45) is 0 Å². The second-order valence-electron chi connectivity index (χ2n) is 4.81. The molecule has 22 heavy (non-hydrogen) atoms. The van der Waals surface area contributed by atoms with Gasteiger partial charge in [-0.3, -0.25) is 10.0 Å². The molecule has 0 aliphatic heterocycles. The summed E-state index contributed by atoms with van der Waals surface area (Å²) in [5, 5.41) is 16.8. The third kappa shape index (κ3) is 3.02. The number of benzene rings is 2. The smallest absolute Gasteiger partial charge is 0.274 e. The molecular weight excluding hydrogens is 280 g/mol. The van der Waals surface area contributed by atoms with Crippen molar-refractivity contribution in [1.82, 2.24) is 20.5 Å². The average Bonchev–Trinajstić information content (AvgIpc) is 3.04. The van der Waals surface area contributed by atoms with Gasteiger partial charge in [-0.15, -0.1) is 5.10 Å². The van der Waals surface area contributed by atoms with Crippen LogP contribution in [0.2, 0.25) is 0 Å². The summed E-state index contributed by atoms with van der Waals surface area (Å²) in [6, 6.07) is 16.8. The van der Waals surface area contributed by atoms with Gasteiger partial charge in [0.25, 0.3) is 5.91 Å². The molecule has 0 radical (unpaired) electrons. The first kappa shape index (κ1) is 14.0. The van der Waals surface area contributed by atoms with E-state index in [9.17, 15) is 4.79 Å². The Labute approximate surface area is 127 Å². The number of hydrogen-bond donors (Lipinski definition) is 2. The number of hydroxylamine groups is 1. The molecule has 110 valence electrons. The Hall–Kier alpha value is -2.99. The maximum atomic E-state index is 11.3. The molecule has 1 heterocycles. The van der Waals surface area contributed by atoms with Crippen molar-refractivity contribution in [3.63, 3.8) is 0 Å². The third-order valence-electron chi connectivity index (χ3n) is 3.27. The summed E-state index contributed by atoms with van der Waals surface area (Å²) in [5.41, 5.74) is 4.71. The molecule has 3 aromatic rings. The molecule has 0 fully saturated rings. The fourth-order valence-corrected chi connectivity index (χ4v) is 2.14. The zero-order valence-electron chi connectivity index (χ0n) is 11.7. The molecule has 2 aromatic carbocycles. The standard InChI is InChI=1S/C16H14N4O2/c21-16(18-22)14-8-6-13(7-9-14)15-11-20(19-17-15)10-12-4-2-1-3-5-12/h1-9,11,22H,10H2,(H,18,21). The summed E-state index contributed by atoms with van der Waals surface area (Å²) < 4.78 is 1.76. The third-order valence-corrected chi connectivity index (χ3v) is 3.27. The quantitative estimate of drug-likeness (QED) is 0.570. The molecule has 6 heteroatoms. The fourth-order valence-electron chi connectivity index (χ4n) is 2.14. The van der Waals surface area contributed by atoms with E-state index in [4.69, 9.17) is 5.21 Å². The fraction of sp³-hybridized carbons (Fsp3) is 0.0625. The van der Waals surface area contributed by atoms with E-state index in [0.29, 0.717) is 12.1 Å². The van der Waals surface area contributed by atoms with Crippen LogP contribution in [0.5, 0.6) is 0 Å². The van der Waals surface area contributed by atoms with Crippen molar-refractivity contribution in [2.45, 2.75) is 6.54 Å². The van der Waals surface area contributed by atoms with Crippen molar-refractivity contribution >= 4 is 5.91 Å². The summed E-state index contributed by atoms with van der Waals surface area (Å²) >= 11 is 0. The molecular formula is C16H14N4O2. The monoisotopic (exact) mass is 294 g/mol. The molecule has 0 unspecified atom stereocenters. The van der Waals surface area contributed by atoms with E-state index in [2.05, 4.69) is 10.3 Å². The summed E-state index contributed by atoms with van der Waals surface area (Å²) in [4.78, 5) is 11.3. The van der Waals surface area contributed by atoms with E-state index in [-0.39, 0.29) is 0 Å². The first-order valence-corrected chi connectivity index (χ1v) is 6.75. The van der Waals surface area contributed by atoms with Crippen LogP contribution in [0.3, 0.4) is 0 Å². The summed E-state index contributed by atoms with van der Waals surface area (Å²) in [5.74, 6) is -0.542. The van der Waals surface area contributed by atoms with Gasteiger partial charge < -0.3 is 0 Å². The van der Waals surface area contributed by atoms with Gasteiger partial charge >= 0.3 is 0 Å². The summed E-state index contributed by atoms with van der Waals surface area (Å²) in [6.07, 6.45) is 1.86. The Morgan fingerprint density at radius 2 is 1.82 bits per heavy atom. The van der Waals surface area contributed by atoms with Crippen LogP contribution in [0.25, 0.3) is 11.3 Å². The number of hydrogen-bond acceptors (Lipinski definition) is 4. The maximum Gasteiger partial charge on any atom is 0.274 e. The lowest BCUT2D eigenvalue weighted by Gasteiger charge is -2.00. The van der Waals surface area contributed by atoms with Crippen LogP contribution in [0.4, 0.5) is 0 Å². The van der Waals surface area contributed by atoms with Crippen LogP contribution < -0.4 is 5.48 Å². The van der Waals surface area contributed by atoms with Crippen LogP contribution in [-0.2, 0) is 6.54 Å². The number of carbonyl (C=O) groups excluding carboxylic acids is 1. The maximum absolute atomic E-state index is 11.3. The zero-order chi connectivity index (χ0) is 15.4. The van der Waals surface area contributed by atoms with Gasteiger partial charge in [0.2, 0.25) is 0 Å². The predicted molar refractivity (Wildman–Crippen MR) is 80.3 cm³/mol. The van der Waals surface area contributed by atoms with Crippen molar-refractivity contribution in [2.75, 3.05) is 0 Å². The number of rotatable bonds is 4. The van der Waals surface area contributed by atoms with E-state index >= 15 is 0 Å². The zero-order valence-corrected chi connectivity index (χ0v) is 11.7. The molecule has 1 amide bonds. The Kier molecular flexibility index (Phi) is 3.93. The summed E-state index contributed by atoms with van der Waals surface area (Å²) in [6.45, 7) is 0.652. The Morgan fingerprint density at radius 1 is 1.09 bits per heavy atom. The Morgan fingerprint density at radius 3 is 2.50 bits per heavy atom. The van der Waals surface area contributed by atoms with Crippen molar-refractivity contribution < 1.29 is 10.0 Å². The van der Waals surface area contributed by atoms with Crippen molar-refractivity contribution in [3.05, 3.63) is 71.9 Å². The van der Waals surface area contributed by atoms with Gasteiger partial charge in [0.05, 0.1) is 12.7 Å². The average molecular weight is 294 g/mol. The minimum atomic E-state index is -0.542. The van der Waals surface area contributed by atoms with Crippen LogP contribution >= 0.6 is 0 Å². The van der Waals surface area contributed by atoms with Gasteiger partial charge in [-0.2, -0.15) is 0 Å². The predicted octanol–water partition coefficient (Wildman–Crippen LogP) is 2.11. The van der Waals surface area contributed by atoms with Gasteiger partial charge in [-0.25, -0.2) is 10.2 Å². The van der Waals surface area contributed by atoms with Crippen LogP contribution in [0, 0.1) is 0 Å². The lowest BCUT2D eigenvalue weighted by Crippen LogP contribution is -2.18. The normalized spacial score (nSPS) is 10.4. The molecule has 0 spiro atoms. The van der Waals surface area contributed by atoms with Gasteiger partial charge in [0.15, 0.2) is 0 Å². The molecule has 1 aromatic heterocycles. The lowest BCUT2D eigenvalue weighted by atomic mass is 10.1. The van der Waals surface area contributed by atoms with Crippen molar-refractivity contribution in [1.29, 1.82) is 0 Å². The first-order valence-electron chi connectivity index (χ1n) is 6.75. The van der Waals surface area contributed by atoms with E-state index < -0.39 is 5.91 Å². The van der Waals surface area contributed by atoms with Crippen molar-refractivity contribution in [3.8, 4) is 11.3 Å². The molecule has 0 bridgehead atoms. The van der Waals surface area contributed by atoms with E-state index in [1.807, 2.05) is 36.5 Å². The number of nitrogens with zero attached hydrogens (tertiary/aromatic N) is 3. The summed E-state index contributed by atoms with van der Waals surface area (Å²) in [7, 11) is 0. The topological polar surface area (TPSA) is 80.0 Å². The van der Waals surface area contributed by atoms with Crippen LogP contribution in [0.1, 0.15) is 15.9 Å². The molecule has 0 atom stereocenters. The van der Waals surface area contributed by atoms with E-state index in [1.54, 1.807) is 34.4 Å². The number of aromatic nitrogens is 3. The molecule has 0 aliphatic carbocycles. The number of carbonyl (C=O) groups is 1. The largest absolute Gasteiger partial charge is 0.288 e. The van der Waals surface area contributed by atoms with Crippen LogP contribution in [-0.4, -0.2) is 26.1 Å². The number of amides is 1. The molecule has 0 saturated heterocycles. The van der Waals surface area contributed by atoms with Gasteiger partial charge in [0.1, 0.15) is 5.69 Å². The molecule has 2 N–H and O–H groups in total. The highest BCUT2D eigenvalue weighted by atomic mass is 16.5.